The van der Waals surface area contributed by atoms with Gasteiger partial charge in [-0.05, 0) is 18.6 Å². The van der Waals surface area contributed by atoms with Crippen LogP contribution in [0.5, 0.6) is 0 Å². The van der Waals surface area contributed by atoms with Crippen LogP contribution in [0.15, 0.2) is 24.3 Å². The molecule has 5 nitrogen and oxygen atoms in total. The summed E-state index contributed by atoms with van der Waals surface area (Å²) in [4.78, 5) is 16.9. The van der Waals surface area contributed by atoms with Gasteiger partial charge in [0.05, 0.1) is 22.4 Å². The minimum absolute atomic E-state index is 0.0178. The second kappa shape index (κ2) is 7.17. The highest BCUT2D eigenvalue weighted by molar-refractivity contribution is 7.80. The number of hydrogen-bond donors (Lipinski definition) is 2. The van der Waals surface area contributed by atoms with Crippen molar-refractivity contribution in [1.82, 2.24) is 14.9 Å². The first kappa shape index (κ1) is 15.4. The van der Waals surface area contributed by atoms with Crippen LogP contribution in [0.4, 0.5) is 0 Å². The Morgan fingerprint density at radius 1 is 1.43 bits per heavy atom. The number of nitrogens with zero attached hydrogens (tertiary/aromatic N) is 2. The molecule has 21 heavy (non-hydrogen) atoms. The minimum Gasteiger partial charge on any atom is -0.393 e. The number of carbonyl (C=O) groups excluding carboxylic acids is 1. The monoisotopic (exact) mass is 304 g/mol. The van der Waals surface area contributed by atoms with Crippen molar-refractivity contribution in [3.8, 4) is 0 Å². The van der Waals surface area contributed by atoms with E-state index in [1.807, 2.05) is 28.8 Å². The molecule has 0 unspecified atom stereocenters. The first-order chi connectivity index (χ1) is 10.1. The molecular formula is C15H20N4OS. The van der Waals surface area contributed by atoms with Crippen molar-refractivity contribution in [2.75, 3.05) is 6.54 Å². The average molecular weight is 304 g/mol. The number of unbranched alkanes of at least 4 members (excludes halogenated alkanes) is 1. The number of para-hydroxylation sites is 2. The summed E-state index contributed by atoms with van der Waals surface area (Å²) in [6, 6.07) is 7.72. The minimum atomic E-state index is -0.0178. The summed E-state index contributed by atoms with van der Waals surface area (Å²) in [5.74, 6) is 0.713. The zero-order chi connectivity index (χ0) is 15.2. The zero-order valence-electron chi connectivity index (χ0n) is 12.1. The van der Waals surface area contributed by atoms with Crippen LogP contribution in [0, 0.1) is 0 Å². The van der Waals surface area contributed by atoms with Crippen molar-refractivity contribution >= 4 is 34.1 Å². The van der Waals surface area contributed by atoms with Crippen LogP contribution in [0.1, 0.15) is 25.6 Å². The molecule has 0 aliphatic heterocycles. The van der Waals surface area contributed by atoms with E-state index in [0.717, 1.165) is 29.7 Å². The number of amides is 1. The van der Waals surface area contributed by atoms with E-state index < -0.39 is 0 Å². The molecule has 0 fully saturated rings. The third-order valence-electron chi connectivity index (χ3n) is 3.22. The molecule has 0 bridgehead atoms. The van der Waals surface area contributed by atoms with Gasteiger partial charge in [0.25, 0.3) is 0 Å². The Labute approximate surface area is 129 Å². The van der Waals surface area contributed by atoms with Crippen LogP contribution in [0.2, 0.25) is 0 Å². The summed E-state index contributed by atoms with van der Waals surface area (Å²) in [5, 5.41) is 2.92. The fourth-order valence-electron chi connectivity index (χ4n) is 2.20. The van der Waals surface area contributed by atoms with Gasteiger partial charge in [-0.25, -0.2) is 4.98 Å². The van der Waals surface area contributed by atoms with Crippen LogP contribution in [-0.4, -0.2) is 27.0 Å². The number of benzene rings is 1. The first-order valence-corrected chi connectivity index (χ1v) is 7.51. The first-order valence-electron chi connectivity index (χ1n) is 7.11. The second-order valence-corrected chi connectivity index (χ2v) is 5.47. The van der Waals surface area contributed by atoms with Gasteiger partial charge in [-0.15, -0.1) is 0 Å². The van der Waals surface area contributed by atoms with Gasteiger partial charge < -0.3 is 15.6 Å². The van der Waals surface area contributed by atoms with Crippen molar-refractivity contribution in [2.24, 2.45) is 5.73 Å². The standard InChI is InChI=1S/C15H20N4OS/c1-2-3-8-17-15(20)10-19-12-7-5-4-6-11(12)18-14(19)9-13(16)21/h4-7H,2-3,8-10H2,1H3,(H2,16,21)(H,17,20). The molecule has 0 radical (unpaired) electrons. The lowest BCUT2D eigenvalue weighted by Crippen LogP contribution is -2.29. The topological polar surface area (TPSA) is 72.9 Å². The maximum absolute atomic E-state index is 12.0. The molecule has 1 amide bonds. The van der Waals surface area contributed by atoms with E-state index in [1.54, 1.807) is 0 Å². The van der Waals surface area contributed by atoms with Gasteiger partial charge in [-0.2, -0.15) is 0 Å². The Morgan fingerprint density at radius 3 is 2.90 bits per heavy atom. The molecule has 0 saturated carbocycles. The summed E-state index contributed by atoms with van der Waals surface area (Å²) >= 11 is 4.96. The largest absolute Gasteiger partial charge is 0.393 e. The van der Waals surface area contributed by atoms with E-state index in [2.05, 4.69) is 17.2 Å². The van der Waals surface area contributed by atoms with Crippen molar-refractivity contribution in [3.05, 3.63) is 30.1 Å². The molecular weight excluding hydrogens is 284 g/mol. The number of nitrogens with two attached hydrogens (primary N) is 1. The maximum atomic E-state index is 12.0. The van der Waals surface area contributed by atoms with Gasteiger partial charge in [0.2, 0.25) is 5.91 Å². The van der Waals surface area contributed by atoms with Crippen LogP contribution < -0.4 is 11.1 Å². The number of rotatable bonds is 7. The summed E-state index contributed by atoms with van der Waals surface area (Å²) in [6.07, 6.45) is 2.43. The molecule has 0 saturated heterocycles. The molecule has 112 valence electrons. The lowest BCUT2D eigenvalue weighted by molar-refractivity contribution is -0.121. The maximum Gasteiger partial charge on any atom is 0.240 e. The number of carbonyl (C=O) groups is 1. The Bertz CT molecular complexity index is 650. The van der Waals surface area contributed by atoms with Crippen LogP contribution in [0.25, 0.3) is 11.0 Å². The van der Waals surface area contributed by atoms with Crippen molar-refractivity contribution in [3.63, 3.8) is 0 Å². The predicted molar refractivity (Wildman–Crippen MR) is 88.1 cm³/mol. The van der Waals surface area contributed by atoms with Gasteiger partial charge >= 0.3 is 0 Å². The molecule has 1 heterocycles. The fraction of sp³-hybridized carbons (Fsp3) is 0.400. The third-order valence-corrected chi connectivity index (χ3v) is 3.36. The molecule has 2 rings (SSSR count). The van der Waals surface area contributed by atoms with E-state index in [1.165, 1.54) is 0 Å². The molecule has 0 spiro atoms. The Morgan fingerprint density at radius 2 is 2.19 bits per heavy atom. The molecule has 2 aromatic rings. The zero-order valence-corrected chi connectivity index (χ0v) is 12.9. The average Bonchev–Trinajstić information content (AvgIpc) is 2.76. The normalized spacial score (nSPS) is 10.7. The summed E-state index contributed by atoms with van der Waals surface area (Å²) in [6.45, 7) is 3.03. The number of thiocarbonyl (C=S) groups is 1. The molecule has 0 aliphatic rings. The van der Waals surface area contributed by atoms with Gasteiger partial charge in [0.1, 0.15) is 12.4 Å². The van der Waals surface area contributed by atoms with Gasteiger partial charge in [-0.1, -0.05) is 37.7 Å². The van der Waals surface area contributed by atoms with Gasteiger partial charge in [0.15, 0.2) is 0 Å². The van der Waals surface area contributed by atoms with Gasteiger partial charge in [0, 0.05) is 6.54 Å². The van der Waals surface area contributed by atoms with Crippen molar-refractivity contribution in [2.45, 2.75) is 32.7 Å². The lowest BCUT2D eigenvalue weighted by atomic mass is 10.3. The number of aromatic nitrogens is 2. The SMILES string of the molecule is CCCCNC(=O)Cn1c(CC(N)=S)nc2ccccc21. The van der Waals surface area contributed by atoms with E-state index >= 15 is 0 Å². The van der Waals surface area contributed by atoms with Crippen molar-refractivity contribution < 1.29 is 4.79 Å². The van der Waals surface area contributed by atoms with E-state index in [-0.39, 0.29) is 12.5 Å². The molecule has 3 N–H and O–H groups in total. The van der Waals surface area contributed by atoms with E-state index in [4.69, 9.17) is 18.0 Å². The Hall–Kier alpha value is -1.95. The molecule has 1 aromatic carbocycles. The van der Waals surface area contributed by atoms with Crippen LogP contribution in [0.3, 0.4) is 0 Å². The lowest BCUT2D eigenvalue weighted by Gasteiger charge is -2.09. The fourth-order valence-corrected chi connectivity index (χ4v) is 2.33. The molecule has 0 aliphatic carbocycles. The number of hydrogen-bond acceptors (Lipinski definition) is 3. The predicted octanol–water partition coefficient (Wildman–Crippen LogP) is 1.78. The second-order valence-electron chi connectivity index (χ2n) is 4.95. The van der Waals surface area contributed by atoms with E-state index in [0.29, 0.717) is 18.0 Å². The Kier molecular flexibility index (Phi) is 5.27. The highest BCUT2D eigenvalue weighted by Crippen LogP contribution is 2.16. The highest BCUT2D eigenvalue weighted by Gasteiger charge is 2.13. The number of fused-ring (bicyclic) bond motifs is 1. The van der Waals surface area contributed by atoms with Crippen LogP contribution in [-0.2, 0) is 17.8 Å². The van der Waals surface area contributed by atoms with Crippen molar-refractivity contribution in [1.29, 1.82) is 0 Å². The molecule has 1 aromatic heterocycles. The number of nitrogens with one attached hydrogen (secondary N) is 1. The molecule has 0 atom stereocenters. The quantitative estimate of drug-likeness (QED) is 0.604. The summed E-state index contributed by atoms with van der Waals surface area (Å²) in [7, 11) is 0. The Balaban J connectivity index is 2.23. The third kappa shape index (κ3) is 4.01. The summed E-state index contributed by atoms with van der Waals surface area (Å²) in [5.41, 5.74) is 7.40. The molecule has 6 heteroatoms. The summed E-state index contributed by atoms with van der Waals surface area (Å²) < 4.78 is 1.88. The van der Waals surface area contributed by atoms with E-state index in [9.17, 15) is 4.79 Å². The smallest absolute Gasteiger partial charge is 0.240 e. The number of imidazole rings is 1. The van der Waals surface area contributed by atoms with Crippen LogP contribution >= 0.6 is 12.2 Å². The highest BCUT2D eigenvalue weighted by atomic mass is 32.1. The van der Waals surface area contributed by atoms with Gasteiger partial charge in [-0.3, -0.25) is 4.79 Å².